The van der Waals surface area contributed by atoms with Gasteiger partial charge in [0.2, 0.25) is 5.91 Å². The van der Waals surface area contributed by atoms with Crippen molar-refractivity contribution in [1.29, 1.82) is 0 Å². The molecule has 2 amide bonds. The number of hydrogen-bond acceptors (Lipinski definition) is 5. The first-order valence-electron chi connectivity index (χ1n) is 13.1. The lowest BCUT2D eigenvalue weighted by Gasteiger charge is -2.43. The first-order chi connectivity index (χ1) is 18.7. The molecule has 0 radical (unpaired) electrons. The molecule has 11 heteroatoms. The molecule has 1 aromatic heterocycles. The topological polar surface area (TPSA) is 104 Å². The minimum absolute atomic E-state index is 0.0475. The van der Waals surface area contributed by atoms with E-state index in [9.17, 15) is 27.6 Å². The Morgan fingerprint density at radius 2 is 1.95 bits per heavy atom. The normalized spacial score (nSPS) is 23.5. The number of aryl methyl sites for hydroxylation is 2. The van der Waals surface area contributed by atoms with Crippen molar-refractivity contribution in [2.75, 3.05) is 0 Å². The standard InChI is InChI=1S/C29H33F3N4O4/c1-16-13-19(8-9-21(16)40-22-14-17(2)34-35-26(22)38)25(37)33-18(3)27(39)36-23(10-11-24(36)29(5,31)32)28(4)12-6-7-20(30)15-28/h6-9,13-15,18,23-24H,10-12H2,1-5H3,(H,33,37)(H,35,38)/t18-,23+,24-,28?/m1/s1. The van der Waals surface area contributed by atoms with E-state index in [0.29, 0.717) is 23.4 Å². The fourth-order valence-electron chi connectivity index (χ4n) is 5.49. The van der Waals surface area contributed by atoms with Crippen LogP contribution in [0.15, 0.2) is 53.1 Å². The highest BCUT2D eigenvalue weighted by atomic mass is 19.3. The summed E-state index contributed by atoms with van der Waals surface area (Å²) in [5.41, 5.74) is -0.0424. The van der Waals surface area contributed by atoms with Gasteiger partial charge in [-0.1, -0.05) is 13.0 Å². The number of carbonyl (C=O) groups is 2. The van der Waals surface area contributed by atoms with Gasteiger partial charge in [0.1, 0.15) is 17.6 Å². The van der Waals surface area contributed by atoms with Crippen molar-refractivity contribution in [3.8, 4) is 11.5 Å². The second-order valence-corrected chi connectivity index (χ2v) is 10.9. The van der Waals surface area contributed by atoms with Crippen LogP contribution in [-0.4, -0.2) is 51.0 Å². The highest BCUT2D eigenvalue weighted by Crippen LogP contribution is 2.46. The van der Waals surface area contributed by atoms with Gasteiger partial charge in [-0.05, 0) is 75.9 Å². The molecule has 0 saturated carbocycles. The predicted molar refractivity (Wildman–Crippen MR) is 143 cm³/mol. The number of H-pyrrole nitrogens is 1. The first kappa shape index (κ1) is 29.1. The number of alkyl halides is 2. The molecular weight excluding hydrogens is 525 g/mol. The molecule has 1 aromatic carbocycles. The summed E-state index contributed by atoms with van der Waals surface area (Å²) in [6.45, 7) is 7.37. The summed E-state index contributed by atoms with van der Waals surface area (Å²) in [6, 6.07) is 2.86. The van der Waals surface area contributed by atoms with Gasteiger partial charge in [0.05, 0.1) is 11.7 Å². The van der Waals surface area contributed by atoms with E-state index in [1.54, 1.807) is 26.8 Å². The SMILES string of the molecule is Cc1cc(Oc2ccc(C(=O)N[C@H](C)C(=O)N3[C@H](C4(C)C=C(F)C=CC4)CC[C@@H]3C(C)(F)F)cc2C)c(=O)[nH]n1. The lowest BCUT2D eigenvalue weighted by atomic mass is 9.75. The third-order valence-corrected chi connectivity index (χ3v) is 7.56. The summed E-state index contributed by atoms with van der Waals surface area (Å²) < 4.78 is 49.1. The highest BCUT2D eigenvalue weighted by Gasteiger charge is 2.53. The number of halogens is 3. The average Bonchev–Trinajstić information content (AvgIpc) is 3.34. The van der Waals surface area contributed by atoms with Gasteiger partial charge in [-0.15, -0.1) is 0 Å². The molecule has 0 bridgehead atoms. The van der Waals surface area contributed by atoms with E-state index in [1.165, 1.54) is 43.3 Å². The number of nitrogens with one attached hydrogen (secondary N) is 2. The number of hydrogen-bond donors (Lipinski definition) is 2. The number of amides is 2. The van der Waals surface area contributed by atoms with Gasteiger partial charge in [-0.3, -0.25) is 14.4 Å². The Morgan fingerprint density at radius 1 is 1.23 bits per heavy atom. The van der Waals surface area contributed by atoms with E-state index in [4.69, 9.17) is 4.74 Å². The Labute approximate surface area is 230 Å². The van der Waals surface area contributed by atoms with Crippen molar-refractivity contribution in [2.45, 2.75) is 77.9 Å². The molecule has 2 aliphatic rings. The number of nitrogens with zero attached hydrogens (tertiary/aromatic N) is 2. The number of carbonyl (C=O) groups excluding carboxylic acids is 2. The smallest absolute Gasteiger partial charge is 0.307 e. The van der Waals surface area contributed by atoms with Crippen molar-refractivity contribution in [3.63, 3.8) is 0 Å². The van der Waals surface area contributed by atoms with Crippen LogP contribution in [0.5, 0.6) is 11.5 Å². The van der Waals surface area contributed by atoms with Crippen LogP contribution in [0.2, 0.25) is 0 Å². The summed E-state index contributed by atoms with van der Waals surface area (Å²) in [5, 5.41) is 8.75. The van der Waals surface area contributed by atoms with E-state index in [0.717, 1.165) is 11.8 Å². The van der Waals surface area contributed by atoms with Crippen LogP contribution < -0.4 is 15.6 Å². The molecule has 1 saturated heterocycles. The molecule has 1 unspecified atom stereocenters. The minimum Gasteiger partial charge on any atom is -0.451 e. The number of aromatic amines is 1. The number of rotatable bonds is 7. The molecule has 4 rings (SSSR count). The third-order valence-electron chi connectivity index (χ3n) is 7.56. The van der Waals surface area contributed by atoms with E-state index >= 15 is 0 Å². The predicted octanol–water partition coefficient (Wildman–Crippen LogP) is 5.13. The van der Waals surface area contributed by atoms with Crippen LogP contribution in [0.1, 0.15) is 61.6 Å². The van der Waals surface area contributed by atoms with Gasteiger partial charge in [-0.25, -0.2) is 18.3 Å². The first-order valence-corrected chi connectivity index (χ1v) is 13.1. The summed E-state index contributed by atoms with van der Waals surface area (Å²) >= 11 is 0. The van der Waals surface area contributed by atoms with Crippen LogP contribution in [0.3, 0.4) is 0 Å². The van der Waals surface area contributed by atoms with Gasteiger partial charge in [0, 0.05) is 30.0 Å². The molecule has 2 aromatic rings. The maximum absolute atomic E-state index is 14.6. The fraction of sp³-hybridized carbons (Fsp3) is 0.448. The van der Waals surface area contributed by atoms with Crippen molar-refractivity contribution < 1.29 is 27.5 Å². The average molecular weight is 559 g/mol. The van der Waals surface area contributed by atoms with Gasteiger partial charge >= 0.3 is 5.56 Å². The van der Waals surface area contributed by atoms with E-state index in [1.807, 2.05) is 0 Å². The fourth-order valence-corrected chi connectivity index (χ4v) is 5.49. The Bertz CT molecular complexity index is 1430. The van der Waals surface area contributed by atoms with Crippen molar-refractivity contribution in [1.82, 2.24) is 20.4 Å². The van der Waals surface area contributed by atoms with Crippen LogP contribution in [-0.2, 0) is 4.79 Å². The van der Waals surface area contributed by atoms with E-state index in [2.05, 4.69) is 15.5 Å². The van der Waals surface area contributed by atoms with Crippen LogP contribution in [0.25, 0.3) is 0 Å². The Morgan fingerprint density at radius 3 is 2.60 bits per heavy atom. The Hall–Kier alpha value is -3.89. The maximum Gasteiger partial charge on any atom is 0.307 e. The molecular formula is C29H33F3N4O4. The lowest BCUT2D eigenvalue weighted by molar-refractivity contribution is -0.147. The number of allylic oxidation sites excluding steroid dienone is 3. The summed E-state index contributed by atoms with van der Waals surface area (Å²) in [6.07, 6.45) is 5.11. The van der Waals surface area contributed by atoms with E-state index in [-0.39, 0.29) is 24.2 Å². The molecule has 214 valence electrons. The summed E-state index contributed by atoms with van der Waals surface area (Å²) in [4.78, 5) is 39.8. The highest BCUT2D eigenvalue weighted by molar-refractivity contribution is 5.98. The van der Waals surface area contributed by atoms with Crippen molar-refractivity contribution >= 4 is 11.8 Å². The zero-order chi connectivity index (χ0) is 29.4. The quantitative estimate of drug-likeness (QED) is 0.490. The molecule has 4 atom stereocenters. The summed E-state index contributed by atoms with van der Waals surface area (Å²) in [5.74, 6) is -4.50. The van der Waals surface area contributed by atoms with E-state index < -0.39 is 52.7 Å². The van der Waals surface area contributed by atoms with Crippen LogP contribution >= 0.6 is 0 Å². The summed E-state index contributed by atoms with van der Waals surface area (Å²) in [7, 11) is 0. The van der Waals surface area contributed by atoms with Gasteiger partial charge in [0.25, 0.3) is 11.8 Å². The van der Waals surface area contributed by atoms with Gasteiger partial charge < -0.3 is 15.0 Å². The Balaban J connectivity index is 1.52. The zero-order valence-corrected chi connectivity index (χ0v) is 23.1. The number of aromatic nitrogens is 2. The molecule has 8 nitrogen and oxygen atoms in total. The van der Waals surface area contributed by atoms with Crippen LogP contribution in [0, 0.1) is 19.3 Å². The van der Waals surface area contributed by atoms with Crippen molar-refractivity contribution in [3.05, 3.63) is 75.5 Å². The molecule has 1 fully saturated rings. The van der Waals surface area contributed by atoms with Crippen molar-refractivity contribution in [2.24, 2.45) is 5.41 Å². The lowest BCUT2D eigenvalue weighted by Crippen LogP contribution is -2.58. The molecule has 0 spiro atoms. The number of ether oxygens (including phenoxy) is 1. The third kappa shape index (κ3) is 5.97. The number of benzene rings is 1. The maximum atomic E-state index is 14.6. The molecule has 2 heterocycles. The van der Waals surface area contributed by atoms with Gasteiger partial charge in [-0.2, -0.15) is 5.10 Å². The van der Waals surface area contributed by atoms with Crippen LogP contribution in [0.4, 0.5) is 13.2 Å². The number of likely N-dealkylation sites (tertiary alicyclic amines) is 1. The zero-order valence-electron chi connectivity index (χ0n) is 23.1. The largest absolute Gasteiger partial charge is 0.451 e. The second kappa shape index (κ2) is 10.9. The second-order valence-electron chi connectivity index (χ2n) is 10.9. The molecule has 40 heavy (non-hydrogen) atoms. The molecule has 1 aliphatic heterocycles. The van der Waals surface area contributed by atoms with Gasteiger partial charge in [0.15, 0.2) is 5.75 Å². The minimum atomic E-state index is -3.18. The molecule has 2 N–H and O–H groups in total. The monoisotopic (exact) mass is 558 g/mol. The Kier molecular flexibility index (Phi) is 7.96. The molecule has 1 aliphatic carbocycles.